The van der Waals surface area contributed by atoms with Gasteiger partial charge in [-0.3, -0.25) is 4.79 Å². The molecule has 0 radical (unpaired) electrons. The molecule has 4 heteroatoms. The molecule has 0 spiro atoms. The summed E-state index contributed by atoms with van der Waals surface area (Å²) in [5, 5.41) is 0.557. The molecule has 1 atom stereocenters. The lowest BCUT2D eigenvalue weighted by Gasteiger charge is -2.10. The Hall–Kier alpha value is -1.52. The Morgan fingerprint density at radius 3 is 2.59 bits per heavy atom. The van der Waals surface area contributed by atoms with Crippen LogP contribution in [0.3, 0.4) is 0 Å². The predicted molar refractivity (Wildman–Crippen MR) is 67.6 cm³/mol. The van der Waals surface area contributed by atoms with Crippen LogP contribution in [0.2, 0.25) is 0 Å². The third kappa shape index (κ3) is 2.43. The fourth-order valence-electron chi connectivity index (χ4n) is 1.59. The second-order valence-electron chi connectivity index (χ2n) is 3.52. The van der Waals surface area contributed by atoms with Gasteiger partial charge in [-0.05, 0) is 25.1 Å². The molecule has 2 rings (SSSR count). The minimum atomic E-state index is -1.12. The van der Waals surface area contributed by atoms with E-state index in [0.29, 0.717) is 16.3 Å². The lowest BCUT2D eigenvalue weighted by Crippen LogP contribution is -2.18. The molecule has 17 heavy (non-hydrogen) atoms. The van der Waals surface area contributed by atoms with Gasteiger partial charge in [0.15, 0.2) is 0 Å². The molecule has 2 aromatic rings. The number of hydrogen-bond donors (Lipinski definition) is 0. The zero-order valence-electron chi connectivity index (χ0n) is 9.50. The van der Waals surface area contributed by atoms with Crippen LogP contribution in [0.25, 0.3) is 0 Å². The number of carbonyl (C=O) groups is 1. The zero-order valence-corrected chi connectivity index (χ0v) is 10.3. The Morgan fingerprint density at radius 2 is 1.94 bits per heavy atom. The monoisotopic (exact) mass is 247 g/mol. The van der Waals surface area contributed by atoms with Crippen molar-refractivity contribution in [3.63, 3.8) is 0 Å². The fraction of sp³-hybridized carbons (Fsp3) is 0.154. The van der Waals surface area contributed by atoms with Gasteiger partial charge < -0.3 is 4.55 Å². The van der Waals surface area contributed by atoms with E-state index >= 15 is 0 Å². The van der Waals surface area contributed by atoms with Crippen LogP contribution in [0, 0.1) is 0 Å². The number of rotatable bonds is 3. The van der Waals surface area contributed by atoms with Crippen molar-refractivity contribution >= 4 is 17.1 Å². The highest BCUT2D eigenvalue weighted by Crippen LogP contribution is 2.14. The van der Waals surface area contributed by atoms with Gasteiger partial charge in [-0.2, -0.15) is 0 Å². The van der Waals surface area contributed by atoms with Gasteiger partial charge in [0.05, 0.1) is 0 Å². The van der Waals surface area contributed by atoms with Gasteiger partial charge in [0, 0.05) is 29.0 Å². The molecule has 88 valence electrons. The lowest BCUT2D eigenvalue weighted by atomic mass is 10.2. The van der Waals surface area contributed by atoms with Crippen molar-refractivity contribution in [3.8, 4) is 0 Å². The summed E-state index contributed by atoms with van der Waals surface area (Å²) in [6.07, 6.45) is 1.65. The van der Waals surface area contributed by atoms with Gasteiger partial charge in [0.25, 0.3) is 5.91 Å². The first kappa shape index (κ1) is 12.0. The molecular weight excluding hydrogens is 234 g/mol. The van der Waals surface area contributed by atoms with Gasteiger partial charge in [-0.15, -0.1) is 0 Å². The van der Waals surface area contributed by atoms with Gasteiger partial charge >= 0.3 is 0 Å². The average molecular weight is 247 g/mol. The number of nitrogens with zero attached hydrogens (tertiary/aromatic N) is 1. The summed E-state index contributed by atoms with van der Waals surface area (Å²) >= 11 is -1.12. The molecular formula is C13H13NO2S. The van der Waals surface area contributed by atoms with Crippen molar-refractivity contribution in [2.24, 2.45) is 0 Å². The van der Waals surface area contributed by atoms with Gasteiger partial charge in [0.1, 0.15) is 5.75 Å². The van der Waals surface area contributed by atoms with Crippen LogP contribution in [0.15, 0.2) is 53.7 Å². The topological polar surface area (TPSA) is 45.1 Å². The first-order chi connectivity index (χ1) is 8.24. The van der Waals surface area contributed by atoms with Gasteiger partial charge in [-0.1, -0.05) is 18.2 Å². The molecule has 0 aliphatic rings. The standard InChI is InChI=1S/C13H13NO2S/c1-2-17(16)12-9-6-10-14(12)13(15)11-7-4-3-5-8-11/h3-10H,2H2,1H3. The third-order valence-electron chi connectivity index (χ3n) is 2.45. The SMILES string of the molecule is CC[S+]([O-])c1cccn1C(=O)c1ccccc1. The van der Waals surface area contributed by atoms with Crippen LogP contribution in [0.1, 0.15) is 17.3 Å². The first-order valence-electron chi connectivity index (χ1n) is 5.39. The van der Waals surface area contributed by atoms with Gasteiger partial charge in [0.2, 0.25) is 5.03 Å². The molecule has 3 nitrogen and oxygen atoms in total. The summed E-state index contributed by atoms with van der Waals surface area (Å²) in [4.78, 5) is 12.2. The van der Waals surface area contributed by atoms with Crippen LogP contribution in [-0.4, -0.2) is 20.8 Å². The summed E-state index contributed by atoms with van der Waals surface area (Å²) in [6, 6.07) is 12.4. The van der Waals surface area contributed by atoms with E-state index in [2.05, 4.69) is 0 Å². The Kier molecular flexibility index (Phi) is 3.66. The van der Waals surface area contributed by atoms with Crippen LogP contribution in [-0.2, 0) is 11.2 Å². The van der Waals surface area contributed by atoms with Crippen LogP contribution in [0.4, 0.5) is 0 Å². The van der Waals surface area contributed by atoms with Crippen molar-refractivity contribution in [1.29, 1.82) is 0 Å². The van der Waals surface area contributed by atoms with E-state index in [1.807, 2.05) is 25.1 Å². The second kappa shape index (κ2) is 5.21. The van der Waals surface area contributed by atoms with Crippen molar-refractivity contribution in [2.45, 2.75) is 11.9 Å². The maximum Gasteiger partial charge on any atom is 0.265 e. The number of hydrogen-bond acceptors (Lipinski definition) is 2. The molecule has 1 aromatic heterocycles. The maximum atomic E-state index is 12.2. The smallest absolute Gasteiger partial charge is 0.265 e. The first-order valence-corrected chi connectivity index (χ1v) is 6.71. The Balaban J connectivity index is 2.35. The minimum Gasteiger partial charge on any atom is -0.610 e. The Bertz CT molecular complexity index is 507. The van der Waals surface area contributed by atoms with Crippen LogP contribution < -0.4 is 0 Å². The van der Waals surface area contributed by atoms with Crippen LogP contribution >= 0.6 is 0 Å². The van der Waals surface area contributed by atoms with E-state index in [1.54, 1.807) is 30.5 Å². The number of carbonyl (C=O) groups excluding carboxylic acids is 1. The number of aromatic nitrogens is 1. The molecule has 0 amide bonds. The fourth-order valence-corrected chi connectivity index (χ4v) is 2.48. The number of benzene rings is 1. The molecule has 0 N–H and O–H groups in total. The quantitative estimate of drug-likeness (QED) is 0.781. The Labute approximate surface area is 103 Å². The van der Waals surface area contributed by atoms with Gasteiger partial charge in [-0.25, -0.2) is 4.57 Å². The van der Waals surface area contributed by atoms with Crippen molar-refractivity contribution in [1.82, 2.24) is 4.57 Å². The van der Waals surface area contributed by atoms with E-state index in [4.69, 9.17) is 0 Å². The average Bonchev–Trinajstić information content (AvgIpc) is 2.87. The summed E-state index contributed by atoms with van der Waals surface area (Å²) in [5.74, 6) is 0.360. The van der Waals surface area contributed by atoms with Crippen molar-refractivity contribution < 1.29 is 9.35 Å². The molecule has 1 heterocycles. The van der Waals surface area contributed by atoms with E-state index in [-0.39, 0.29) is 5.91 Å². The third-order valence-corrected chi connectivity index (χ3v) is 3.77. The maximum absolute atomic E-state index is 12.2. The highest BCUT2D eigenvalue weighted by Gasteiger charge is 2.18. The lowest BCUT2D eigenvalue weighted by molar-refractivity contribution is 0.0950. The van der Waals surface area contributed by atoms with Crippen LogP contribution in [0.5, 0.6) is 0 Å². The summed E-state index contributed by atoms with van der Waals surface area (Å²) < 4.78 is 13.2. The van der Waals surface area contributed by atoms with E-state index in [0.717, 1.165) is 0 Å². The summed E-state index contributed by atoms with van der Waals surface area (Å²) in [6.45, 7) is 1.83. The minimum absolute atomic E-state index is 0.146. The summed E-state index contributed by atoms with van der Waals surface area (Å²) in [5.41, 5.74) is 0.595. The van der Waals surface area contributed by atoms with Crippen molar-refractivity contribution in [3.05, 3.63) is 54.2 Å². The Morgan fingerprint density at radius 1 is 1.24 bits per heavy atom. The highest BCUT2D eigenvalue weighted by molar-refractivity contribution is 7.91. The zero-order chi connectivity index (χ0) is 12.3. The molecule has 1 unspecified atom stereocenters. The molecule has 0 saturated heterocycles. The van der Waals surface area contributed by atoms with Crippen molar-refractivity contribution in [2.75, 3.05) is 5.75 Å². The molecule has 0 bridgehead atoms. The normalized spacial score (nSPS) is 12.4. The summed E-state index contributed by atoms with van der Waals surface area (Å²) in [7, 11) is 0. The van der Waals surface area contributed by atoms with E-state index in [9.17, 15) is 9.35 Å². The molecule has 0 aliphatic carbocycles. The van der Waals surface area contributed by atoms with E-state index < -0.39 is 11.2 Å². The largest absolute Gasteiger partial charge is 0.610 e. The highest BCUT2D eigenvalue weighted by atomic mass is 32.2. The molecule has 0 aliphatic heterocycles. The molecule has 0 fully saturated rings. The molecule has 0 saturated carbocycles. The second-order valence-corrected chi connectivity index (χ2v) is 5.21. The van der Waals surface area contributed by atoms with E-state index in [1.165, 1.54) is 4.57 Å². The molecule has 1 aromatic carbocycles. The predicted octanol–water partition coefficient (Wildman–Crippen LogP) is 2.30.